The highest BCUT2D eigenvalue weighted by Crippen LogP contribution is 2.25. The Kier molecular flexibility index (Phi) is 7.31. The van der Waals surface area contributed by atoms with Crippen molar-refractivity contribution in [2.75, 3.05) is 39.3 Å². The molecule has 1 aromatic heterocycles. The topological polar surface area (TPSA) is 47.8 Å². The highest BCUT2D eigenvalue weighted by Gasteiger charge is 2.34. The molecule has 3 heterocycles. The van der Waals surface area contributed by atoms with Crippen molar-refractivity contribution in [3.05, 3.63) is 17.5 Å². The molecule has 154 valence electrons. The smallest absolute Gasteiger partial charge is 0.0537 e. The summed E-state index contributed by atoms with van der Waals surface area (Å²) < 4.78 is 2.08. The Labute approximate surface area is 165 Å². The van der Waals surface area contributed by atoms with Crippen LogP contribution >= 0.6 is 0 Å². The normalized spacial score (nSPS) is 24.1. The van der Waals surface area contributed by atoms with E-state index in [4.69, 9.17) is 0 Å². The second-order valence-corrected chi connectivity index (χ2v) is 8.57. The highest BCUT2D eigenvalue weighted by atomic mass is 16.3. The zero-order valence-electron chi connectivity index (χ0n) is 17.8. The first kappa shape index (κ1) is 20.8. The molecule has 2 aliphatic heterocycles. The molecular formula is C21H39N5O. The average Bonchev–Trinajstić information content (AvgIpc) is 3.02. The third-order valence-corrected chi connectivity index (χ3v) is 6.67. The lowest BCUT2D eigenvalue weighted by Crippen LogP contribution is -2.58. The van der Waals surface area contributed by atoms with Gasteiger partial charge in [0.2, 0.25) is 0 Å². The largest absolute Gasteiger partial charge is 0.396 e. The van der Waals surface area contributed by atoms with Gasteiger partial charge in [0.1, 0.15) is 0 Å². The number of piperidine rings is 1. The number of hydrogen-bond acceptors (Lipinski definition) is 5. The molecule has 2 saturated heterocycles. The van der Waals surface area contributed by atoms with Gasteiger partial charge in [0, 0.05) is 68.7 Å². The maximum atomic E-state index is 9.64. The van der Waals surface area contributed by atoms with Crippen LogP contribution < -0.4 is 0 Å². The molecular weight excluding hydrogens is 338 g/mol. The van der Waals surface area contributed by atoms with Gasteiger partial charge in [0.15, 0.2) is 0 Å². The summed E-state index contributed by atoms with van der Waals surface area (Å²) in [5.74, 6) is 0. The summed E-state index contributed by atoms with van der Waals surface area (Å²) in [5.41, 5.74) is 2.64. The fourth-order valence-corrected chi connectivity index (χ4v) is 4.90. The van der Waals surface area contributed by atoms with Crippen molar-refractivity contribution in [2.45, 2.75) is 78.2 Å². The summed E-state index contributed by atoms with van der Waals surface area (Å²) in [6, 6.07) is 1.81. The lowest BCUT2D eigenvalue weighted by Gasteiger charge is -2.48. The lowest BCUT2D eigenvalue weighted by atomic mass is 9.97. The van der Waals surface area contributed by atoms with Crippen molar-refractivity contribution in [3.63, 3.8) is 0 Å². The molecule has 2 fully saturated rings. The number of aliphatic hydroxyl groups is 1. The predicted molar refractivity (Wildman–Crippen MR) is 110 cm³/mol. The number of nitrogens with zero attached hydrogens (tertiary/aromatic N) is 5. The van der Waals surface area contributed by atoms with E-state index in [0.717, 1.165) is 39.1 Å². The van der Waals surface area contributed by atoms with Crippen molar-refractivity contribution >= 4 is 0 Å². The Hall–Kier alpha value is -0.950. The first-order valence-electron chi connectivity index (χ1n) is 10.9. The van der Waals surface area contributed by atoms with Crippen LogP contribution in [0.2, 0.25) is 0 Å². The Morgan fingerprint density at radius 1 is 1.19 bits per heavy atom. The maximum absolute atomic E-state index is 9.64. The number of piperazine rings is 1. The molecule has 2 aliphatic rings. The molecule has 6 nitrogen and oxygen atoms in total. The fraction of sp³-hybridized carbons (Fsp3) is 0.857. The standard InChI is InChI=1S/C21H39N5O/c1-5-26-18(4)19(14-22-26)15-23-11-12-25(21(16-23)8-13-27)20-6-9-24(10-7-20)17(2)3/h14,17,20-21,27H,5-13,15-16H2,1-4H3/t21-/m1/s1. The summed E-state index contributed by atoms with van der Waals surface area (Å²) in [4.78, 5) is 7.87. The molecule has 1 atom stereocenters. The van der Waals surface area contributed by atoms with Gasteiger partial charge in [0.25, 0.3) is 0 Å². The van der Waals surface area contributed by atoms with E-state index in [0.29, 0.717) is 18.1 Å². The van der Waals surface area contributed by atoms with Crippen LogP contribution in [-0.4, -0.2) is 87.0 Å². The highest BCUT2D eigenvalue weighted by molar-refractivity contribution is 5.16. The van der Waals surface area contributed by atoms with Crippen LogP contribution in [-0.2, 0) is 13.1 Å². The van der Waals surface area contributed by atoms with Crippen molar-refractivity contribution in [2.24, 2.45) is 0 Å². The van der Waals surface area contributed by atoms with Crippen LogP contribution in [0.1, 0.15) is 51.3 Å². The summed E-state index contributed by atoms with van der Waals surface area (Å²) in [5, 5.41) is 14.1. The van der Waals surface area contributed by atoms with Crippen LogP contribution in [0.4, 0.5) is 0 Å². The minimum absolute atomic E-state index is 0.284. The Balaban J connectivity index is 1.59. The molecule has 0 unspecified atom stereocenters. The Morgan fingerprint density at radius 2 is 1.93 bits per heavy atom. The van der Waals surface area contributed by atoms with Gasteiger partial charge in [-0.3, -0.25) is 14.5 Å². The molecule has 1 N–H and O–H groups in total. The van der Waals surface area contributed by atoms with Crippen LogP contribution in [0.3, 0.4) is 0 Å². The minimum Gasteiger partial charge on any atom is -0.396 e. The number of aromatic nitrogens is 2. The van der Waals surface area contributed by atoms with E-state index in [1.165, 1.54) is 37.2 Å². The van der Waals surface area contributed by atoms with Crippen LogP contribution in [0.15, 0.2) is 6.20 Å². The molecule has 3 rings (SSSR count). The second-order valence-electron chi connectivity index (χ2n) is 8.57. The molecule has 27 heavy (non-hydrogen) atoms. The summed E-state index contributed by atoms with van der Waals surface area (Å²) in [6.45, 7) is 16.8. The molecule has 0 bridgehead atoms. The minimum atomic E-state index is 0.284. The number of aryl methyl sites for hydroxylation is 1. The summed E-state index contributed by atoms with van der Waals surface area (Å²) >= 11 is 0. The molecule has 0 amide bonds. The monoisotopic (exact) mass is 377 g/mol. The van der Waals surface area contributed by atoms with Gasteiger partial charge in [-0.2, -0.15) is 5.10 Å². The van der Waals surface area contributed by atoms with Gasteiger partial charge in [-0.1, -0.05) is 0 Å². The van der Waals surface area contributed by atoms with E-state index in [2.05, 4.69) is 52.2 Å². The van der Waals surface area contributed by atoms with Gasteiger partial charge in [-0.15, -0.1) is 0 Å². The quantitative estimate of drug-likeness (QED) is 0.787. The van der Waals surface area contributed by atoms with Crippen molar-refractivity contribution in [1.82, 2.24) is 24.5 Å². The lowest BCUT2D eigenvalue weighted by molar-refractivity contribution is -0.0000856. The third kappa shape index (κ3) is 4.91. The molecule has 0 aliphatic carbocycles. The van der Waals surface area contributed by atoms with Crippen molar-refractivity contribution in [1.29, 1.82) is 0 Å². The van der Waals surface area contributed by atoms with E-state index in [-0.39, 0.29) is 6.61 Å². The van der Waals surface area contributed by atoms with Crippen LogP contribution in [0, 0.1) is 6.92 Å². The molecule has 0 spiro atoms. The van der Waals surface area contributed by atoms with Gasteiger partial charge in [-0.25, -0.2) is 0 Å². The summed E-state index contributed by atoms with van der Waals surface area (Å²) in [6.07, 6.45) is 5.45. The molecule has 6 heteroatoms. The SMILES string of the molecule is CCn1ncc(CN2CCN(C3CCN(C(C)C)CC3)[C@H](CCO)C2)c1C. The number of rotatable bonds is 7. The summed E-state index contributed by atoms with van der Waals surface area (Å²) in [7, 11) is 0. The fourth-order valence-electron chi connectivity index (χ4n) is 4.90. The van der Waals surface area contributed by atoms with Gasteiger partial charge in [-0.05, 0) is 60.0 Å². The van der Waals surface area contributed by atoms with Gasteiger partial charge in [0.05, 0.1) is 6.20 Å². The van der Waals surface area contributed by atoms with E-state index < -0.39 is 0 Å². The Morgan fingerprint density at radius 3 is 2.52 bits per heavy atom. The van der Waals surface area contributed by atoms with E-state index in [9.17, 15) is 5.11 Å². The van der Waals surface area contributed by atoms with Crippen LogP contribution in [0.25, 0.3) is 0 Å². The number of aliphatic hydroxyl groups excluding tert-OH is 1. The average molecular weight is 378 g/mol. The Bertz CT molecular complexity index is 579. The van der Waals surface area contributed by atoms with E-state index in [1.807, 2.05) is 6.20 Å². The first-order valence-corrected chi connectivity index (χ1v) is 10.9. The van der Waals surface area contributed by atoms with Gasteiger partial charge >= 0.3 is 0 Å². The number of likely N-dealkylation sites (tertiary alicyclic amines) is 1. The van der Waals surface area contributed by atoms with Crippen molar-refractivity contribution < 1.29 is 5.11 Å². The molecule has 0 aromatic carbocycles. The molecule has 0 radical (unpaired) electrons. The number of hydrogen-bond donors (Lipinski definition) is 1. The maximum Gasteiger partial charge on any atom is 0.0537 e. The predicted octanol–water partition coefficient (Wildman–Crippen LogP) is 1.95. The van der Waals surface area contributed by atoms with Crippen LogP contribution in [0.5, 0.6) is 0 Å². The zero-order valence-corrected chi connectivity index (χ0v) is 17.8. The molecule has 1 aromatic rings. The first-order chi connectivity index (χ1) is 13.0. The molecule has 0 saturated carbocycles. The van der Waals surface area contributed by atoms with Gasteiger partial charge < -0.3 is 10.0 Å². The third-order valence-electron chi connectivity index (χ3n) is 6.67. The van der Waals surface area contributed by atoms with Crippen molar-refractivity contribution in [3.8, 4) is 0 Å². The second kappa shape index (κ2) is 9.50. The van der Waals surface area contributed by atoms with E-state index in [1.54, 1.807) is 0 Å². The van der Waals surface area contributed by atoms with E-state index >= 15 is 0 Å². The zero-order chi connectivity index (χ0) is 19.4.